The van der Waals surface area contributed by atoms with Crippen molar-refractivity contribution < 1.29 is 9.53 Å². The zero-order valence-electron chi connectivity index (χ0n) is 10.6. The van der Waals surface area contributed by atoms with E-state index in [-0.39, 0.29) is 11.5 Å². The number of hydrogen-bond donors (Lipinski definition) is 1. The van der Waals surface area contributed by atoms with Crippen molar-refractivity contribution in [2.45, 2.75) is 31.3 Å². The van der Waals surface area contributed by atoms with Crippen LogP contribution in [0.15, 0.2) is 6.20 Å². The Morgan fingerprint density at radius 3 is 2.94 bits per heavy atom. The van der Waals surface area contributed by atoms with Gasteiger partial charge in [-0.3, -0.25) is 9.48 Å². The maximum atomic E-state index is 11.9. The van der Waals surface area contributed by atoms with Gasteiger partial charge < -0.3 is 10.1 Å². The van der Waals surface area contributed by atoms with Crippen molar-refractivity contribution in [3.63, 3.8) is 0 Å². The van der Waals surface area contributed by atoms with E-state index in [4.69, 9.17) is 10.00 Å². The second-order valence-corrected chi connectivity index (χ2v) is 4.64. The molecule has 1 N–H and O–H groups in total. The van der Waals surface area contributed by atoms with Crippen molar-refractivity contribution in [1.29, 1.82) is 5.26 Å². The lowest BCUT2D eigenvalue weighted by atomic mass is 9.77. The van der Waals surface area contributed by atoms with Crippen molar-refractivity contribution >= 4 is 11.7 Å². The molecule has 0 unspecified atom stereocenters. The summed E-state index contributed by atoms with van der Waals surface area (Å²) >= 11 is 0. The van der Waals surface area contributed by atoms with Crippen LogP contribution in [0.2, 0.25) is 0 Å². The topological polar surface area (TPSA) is 79.9 Å². The zero-order chi connectivity index (χ0) is 13.2. The molecule has 1 aromatic heterocycles. The lowest BCUT2D eigenvalue weighted by molar-refractivity contribution is -0.129. The molecule has 0 aliphatic heterocycles. The van der Waals surface area contributed by atoms with Crippen molar-refractivity contribution in [2.75, 3.05) is 12.4 Å². The average Bonchev–Trinajstić information content (AvgIpc) is 2.64. The number of nitriles is 1. The van der Waals surface area contributed by atoms with Gasteiger partial charge in [-0.25, -0.2) is 0 Å². The van der Waals surface area contributed by atoms with E-state index in [0.29, 0.717) is 17.8 Å². The van der Waals surface area contributed by atoms with Crippen LogP contribution in [-0.4, -0.2) is 28.4 Å². The van der Waals surface area contributed by atoms with E-state index in [1.807, 2.05) is 6.07 Å². The molecule has 18 heavy (non-hydrogen) atoms. The summed E-state index contributed by atoms with van der Waals surface area (Å²) in [6.45, 7) is 0. The van der Waals surface area contributed by atoms with Gasteiger partial charge in [-0.2, -0.15) is 10.4 Å². The highest BCUT2D eigenvalue weighted by atomic mass is 16.5. The minimum Gasteiger partial charge on any atom is -0.378 e. The van der Waals surface area contributed by atoms with Gasteiger partial charge in [-0.05, 0) is 19.3 Å². The summed E-state index contributed by atoms with van der Waals surface area (Å²) in [6, 6.07) is 2.00. The molecule has 0 radical (unpaired) electrons. The highest BCUT2D eigenvalue weighted by Gasteiger charge is 2.39. The van der Waals surface area contributed by atoms with Gasteiger partial charge in [0.1, 0.15) is 11.6 Å². The molecule has 6 nitrogen and oxygen atoms in total. The number of methoxy groups -OCH3 is 1. The molecule has 0 bridgehead atoms. The van der Waals surface area contributed by atoms with Crippen LogP contribution in [0.5, 0.6) is 0 Å². The minimum absolute atomic E-state index is 0.160. The first-order valence-corrected chi connectivity index (χ1v) is 5.87. The molecule has 6 heteroatoms. The highest BCUT2D eigenvalue weighted by molar-refractivity contribution is 5.91. The van der Waals surface area contributed by atoms with E-state index in [2.05, 4.69) is 10.4 Å². The van der Waals surface area contributed by atoms with Crippen LogP contribution < -0.4 is 5.32 Å². The SMILES string of the molecule is COC1(CC(=O)Nc2nn(C)cc2C#N)CCC1. The summed E-state index contributed by atoms with van der Waals surface area (Å²) in [7, 11) is 3.34. The normalized spacial score (nSPS) is 16.7. The number of hydrogen-bond acceptors (Lipinski definition) is 4. The zero-order valence-corrected chi connectivity index (χ0v) is 10.6. The number of aryl methyl sites for hydroxylation is 1. The smallest absolute Gasteiger partial charge is 0.228 e. The summed E-state index contributed by atoms with van der Waals surface area (Å²) in [5.41, 5.74) is 0.0528. The number of nitrogens with zero attached hydrogens (tertiary/aromatic N) is 3. The van der Waals surface area contributed by atoms with E-state index in [0.717, 1.165) is 19.3 Å². The molecule has 1 fully saturated rings. The second kappa shape index (κ2) is 4.78. The number of nitrogens with one attached hydrogen (secondary N) is 1. The molecule has 0 aromatic carbocycles. The Balaban J connectivity index is 2.01. The Bertz CT molecular complexity index is 491. The van der Waals surface area contributed by atoms with Crippen molar-refractivity contribution in [2.24, 2.45) is 7.05 Å². The molecule has 0 saturated heterocycles. The van der Waals surface area contributed by atoms with Gasteiger partial charge in [-0.1, -0.05) is 0 Å². The van der Waals surface area contributed by atoms with Crippen molar-refractivity contribution in [3.8, 4) is 6.07 Å². The first-order chi connectivity index (χ1) is 8.58. The third-order valence-corrected chi connectivity index (χ3v) is 3.39. The number of carbonyl (C=O) groups excluding carboxylic acids is 1. The van der Waals surface area contributed by atoms with Crippen LogP contribution in [0.1, 0.15) is 31.2 Å². The molecule has 96 valence electrons. The molecule has 1 heterocycles. The number of ether oxygens (including phenoxy) is 1. The first-order valence-electron chi connectivity index (χ1n) is 5.87. The van der Waals surface area contributed by atoms with Crippen LogP contribution in [0.4, 0.5) is 5.82 Å². The maximum Gasteiger partial charge on any atom is 0.228 e. The van der Waals surface area contributed by atoms with Gasteiger partial charge >= 0.3 is 0 Å². The molecule has 1 aliphatic rings. The lowest BCUT2D eigenvalue weighted by Crippen LogP contribution is -2.42. The summed E-state index contributed by atoms with van der Waals surface area (Å²) in [5.74, 6) is 0.155. The molecule has 1 saturated carbocycles. The molecular weight excluding hydrogens is 232 g/mol. The van der Waals surface area contributed by atoms with E-state index in [9.17, 15) is 4.79 Å². The molecule has 1 aromatic rings. The molecular formula is C12H16N4O2. The van der Waals surface area contributed by atoms with Crippen molar-refractivity contribution in [3.05, 3.63) is 11.8 Å². The van der Waals surface area contributed by atoms with Crippen LogP contribution in [-0.2, 0) is 16.6 Å². The number of anilines is 1. The van der Waals surface area contributed by atoms with Gasteiger partial charge in [-0.15, -0.1) is 0 Å². The van der Waals surface area contributed by atoms with Crippen LogP contribution in [0.25, 0.3) is 0 Å². The first kappa shape index (κ1) is 12.6. The minimum atomic E-state index is -0.314. The standard InChI is InChI=1S/C12H16N4O2/c1-16-8-9(7-13)11(15-16)14-10(17)6-12(18-2)4-3-5-12/h8H,3-6H2,1-2H3,(H,14,15,17). The van der Waals surface area contributed by atoms with E-state index in [1.165, 1.54) is 4.68 Å². The molecule has 2 rings (SSSR count). The van der Waals surface area contributed by atoms with E-state index in [1.54, 1.807) is 20.4 Å². The number of carbonyl (C=O) groups is 1. The average molecular weight is 248 g/mol. The highest BCUT2D eigenvalue weighted by Crippen LogP contribution is 2.38. The number of aromatic nitrogens is 2. The Morgan fingerprint density at radius 2 is 2.44 bits per heavy atom. The van der Waals surface area contributed by atoms with Gasteiger partial charge in [0.15, 0.2) is 5.82 Å². The summed E-state index contributed by atoms with van der Waals surface area (Å²) in [5, 5.41) is 15.6. The summed E-state index contributed by atoms with van der Waals surface area (Å²) in [4.78, 5) is 11.9. The maximum absolute atomic E-state index is 11.9. The van der Waals surface area contributed by atoms with Crippen molar-refractivity contribution in [1.82, 2.24) is 9.78 Å². The van der Waals surface area contributed by atoms with Crippen LogP contribution in [0.3, 0.4) is 0 Å². The monoisotopic (exact) mass is 248 g/mol. The fourth-order valence-corrected chi connectivity index (χ4v) is 2.16. The van der Waals surface area contributed by atoms with Gasteiger partial charge in [0, 0.05) is 20.4 Å². The Labute approximate surface area is 106 Å². The molecule has 0 atom stereocenters. The van der Waals surface area contributed by atoms with E-state index >= 15 is 0 Å². The van der Waals surface area contributed by atoms with E-state index < -0.39 is 0 Å². The second-order valence-electron chi connectivity index (χ2n) is 4.64. The summed E-state index contributed by atoms with van der Waals surface area (Å²) < 4.78 is 6.90. The predicted molar refractivity (Wildman–Crippen MR) is 64.8 cm³/mol. The predicted octanol–water partition coefficient (Wildman–Crippen LogP) is 1.19. The van der Waals surface area contributed by atoms with Crippen LogP contribution in [0, 0.1) is 11.3 Å². The Morgan fingerprint density at radius 1 is 1.72 bits per heavy atom. The van der Waals surface area contributed by atoms with Crippen LogP contribution >= 0.6 is 0 Å². The molecule has 1 amide bonds. The van der Waals surface area contributed by atoms with Gasteiger partial charge in [0.2, 0.25) is 5.91 Å². The third kappa shape index (κ3) is 2.36. The fourth-order valence-electron chi connectivity index (χ4n) is 2.16. The number of amides is 1. The van der Waals surface area contributed by atoms with Gasteiger partial charge in [0.25, 0.3) is 0 Å². The Hall–Kier alpha value is -1.87. The number of rotatable bonds is 4. The quantitative estimate of drug-likeness (QED) is 0.867. The fraction of sp³-hybridized carbons (Fsp3) is 0.583. The van der Waals surface area contributed by atoms with Gasteiger partial charge in [0.05, 0.1) is 12.0 Å². The largest absolute Gasteiger partial charge is 0.378 e. The third-order valence-electron chi connectivity index (χ3n) is 3.39. The Kier molecular flexibility index (Phi) is 3.34. The lowest BCUT2D eigenvalue weighted by Gasteiger charge is -2.39. The molecule has 0 spiro atoms. The summed E-state index contributed by atoms with van der Waals surface area (Å²) in [6.07, 6.45) is 4.79. The molecule has 1 aliphatic carbocycles.